The average Bonchev–Trinajstić information content (AvgIpc) is 3.89. The fourth-order valence-electron chi connectivity index (χ4n) is 3.73. The zero-order valence-corrected chi connectivity index (χ0v) is 27.2. The van der Waals surface area contributed by atoms with E-state index >= 15 is 0 Å². The van der Waals surface area contributed by atoms with Gasteiger partial charge in [0.05, 0.1) is 14.2 Å². The van der Waals surface area contributed by atoms with Crippen molar-refractivity contribution in [2.75, 3.05) is 37.9 Å². The van der Waals surface area contributed by atoms with Crippen molar-refractivity contribution in [1.29, 1.82) is 10.5 Å². The van der Waals surface area contributed by atoms with E-state index in [-0.39, 0.29) is 12.1 Å². The van der Waals surface area contributed by atoms with E-state index in [0.29, 0.717) is 41.2 Å². The monoisotopic (exact) mass is 672 g/mol. The standard InChI is InChI=1S/C14H14N4O2S.C9H13NO.C8H5N5OS/c1-20-12-5-3-2-4-10(12)6-7-16-13(19)18-14-17-11(8-15)9-21-14;1-11-9-5-3-2-4-8(9)6-7-10;9-3-6-4-15-7(11-6)12-8(14)13-2-1-10-5-13/h2-5,9H,6-7H2,1H3,(H2,16,17,18,19);2-5H,6-7,10H2,1H3;1-2,4-5H,(H,11,12,14). The van der Waals surface area contributed by atoms with Crippen LogP contribution in [0.25, 0.3) is 0 Å². The lowest BCUT2D eigenvalue weighted by Gasteiger charge is -2.09. The van der Waals surface area contributed by atoms with Gasteiger partial charge in [0.1, 0.15) is 30.0 Å². The molecule has 0 bridgehead atoms. The first-order valence-electron chi connectivity index (χ1n) is 13.9. The van der Waals surface area contributed by atoms with Crippen LogP contribution < -0.4 is 31.2 Å². The molecule has 242 valence electrons. The second-order valence-corrected chi connectivity index (χ2v) is 10.7. The number of para-hydroxylation sites is 2. The van der Waals surface area contributed by atoms with Crippen molar-refractivity contribution in [1.82, 2.24) is 24.8 Å². The van der Waals surface area contributed by atoms with Gasteiger partial charge in [0.15, 0.2) is 21.7 Å². The molecule has 47 heavy (non-hydrogen) atoms. The summed E-state index contributed by atoms with van der Waals surface area (Å²) in [5.41, 5.74) is 8.22. The summed E-state index contributed by atoms with van der Waals surface area (Å²) in [6.07, 6.45) is 5.95. The number of nitrogens with one attached hydrogen (secondary N) is 3. The molecule has 3 amide bonds. The van der Waals surface area contributed by atoms with Crippen molar-refractivity contribution in [2.24, 2.45) is 5.73 Å². The van der Waals surface area contributed by atoms with Crippen LogP contribution in [0.1, 0.15) is 22.5 Å². The van der Waals surface area contributed by atoms with Gasteiger partial charge in [-0.25, -0.2) is 24.5 Å². The number of nitrogens with zero attached hydrogens (tertiary/aromatic N) is 6. The Morgan fingerprint density at radius 1 is 0.872 bits per heavy atom. The first-order valence-corrected chi connectivity index (χ1v) is 15.7. The number of methoxy groups -OCH3 is 2. The van der Waals surface area contributed by atoms with Crippen molar-refractivity contribution in [3.05, 3.63) is 101 Å². The molecule has 0 radical (unpaired) electrons. The Kier molecular flexibility index (Phi) is 14.8. The largest absolute Gasteiger partial charge is 0.496 e. The Morgan fingerprint density at radius 3 is 1.91 bits per heavy atom. The molecule has 0 aliphatic carbocycles. The maximum absolute atomic E-state index is 11.7. The van der Waals surface area contributed by atoms with E-state index in [2.05, 4.69) is 30.9 Å². The number of urea groups is 1. The van der Waals surface area contributed by atoms with E-state index in [1.807, 2.05) is 60.7 Å². The predicted octanol–water partition coefficient (Wildman–Crippen LogP) is 4.88. The van der Waals surface area contributed by atoms with Crippen molar-refractivity contribution in [2.45, 2.75) is 12.8 Å². The summed E-state index contributed by atoms with van der Waals surface area (Å²) < 4.78 is 11.7. The number of anilines is 2. The third kappa shape index (κ3) is 11.9. The number of hydrogen-bond donors (Lipinski definition) is 4. The summed E-state index contributed by atoms with van der Waals surface area (Å²) in [6, 6.07) is 18.7. The molecule has 0 saturated heterocycles. The van der Waals surface area contributed by atoms with E-state index in [1.165, 1.54) is 51.5 Å². The van der Waals surface area contributed by atoms with Crippen LogP contribution in [0.4, 0.5) is 19.9 Å². The van der Waals surface area contributed by atoms with Crippen LogP contribution >= 0.6 is 22.7 Å². The Morgan fingerprint density at radius 2 is 1.43 bits per heavy atom. The quantitative estimate of drug-likeness (QED) is 0.167. The molecule has 16 heteroatoms. The number of carbonyl (C=O) groups is 2. The molecule has 0 spiro atoms. The van der Waals surface area contributed by atoms with Gasteiger partial charge in [0.2, 0.25) is 0 Å². The van der Waals surface area contributed by atoms with Crippen LogP contribution in [-0.4, -0.2) is 58.9 Å². The molecule has 0 aliphatic rings. The predicted molar refractivity (Wildman–Crippen MR) is 180 cm³/mol. The molecule has 0 fully saturated rings. The molecule has 5 N–H and O–H groups in total. The summed E-state index contributed by atoms with van der Waals surface area (Å²) in [6.45, 7) is 1.14. The molecule has 2 aromatic carbocycles. The smallest absolute Gasteiger partial charge is 0.333 e. The van der Waals surface area contributed by atoms with Crippen molar-refractivity contribution in [3.8, 4) is 23.6 Å². The first kappa shape index (κ1) is 35.7. The van der Waals surface area contributed by atoms with Crippen molar-refractivity contribution < 1.29 is 19.1 Å². The summed E-state index contributed by atoms with van der Waals surface area (Å²) in [7, 11) is 3.30. The number of nitriles is 2. The summed E-state index contributed by atoms with van der Waals surface area (Å²) in [5, 5.41) is 29.0. The summed E-state index contributed by atoms with van der Waals surface area (Å²) >= 11 is 2.41. The Balaban J connectivity index is 0.000000202. The molecule has 0 unspecified atom stereocenters. The second kappa shape index (κ2) is 19.6. The van der Waals surface area contributed by atoms with Gasteiger partial charge < -0.3 is 20.5 Å². The normalized spacial score (nSPS) is 9.64. The van der Waals surface area contributed by atoms with Gasteiger partial charge in [-0.05, 0) is 42.6 Å². The highest BCUT2D eigenvalue weighted by molar-refractivity contribution is 7.14. The lowest BCUT2D eigenvalue weighted by molar-refractivity contribution is 0.251. The third-order valence-corrected chi connectivity index (χ3v) is 7.40. The molecule has 3 heterocycles. The van der Waals surface area contributed by atoms with Crippen LogP contribution in [-0.2, 0) is 12.8 Å². The van der Waals surface area contributed by atoms with Crippen LogP contribution in [0.2, 0.25) is 0 Å². The average molecular weight is 673 g/mol. The highest BCUT2D eigenvalue weighted by atomic mass is 32.1. The number of amides is 3. The first-order chi connectivity index (χ1) is 22.9. The van der Waals surface area contributed by atoms with Gasteiger partial charge in [-0.1, -0.05) is 36.4 Å². The van der Waals surface area contributed by atoms with Gasteiger partial charge in [-0.2, -0.15) is 10.5 Å². The highest BCUT2D eigenvalue weighted by Gasteiger charge is 2.08. The minimum absolute atomic E-state index is 0.293. The molecule has 3 aromatic heterocycles. The van der Waals surface area contributed by atoms with E-state index < -0.39 is 0 Å². The maximum Gasteiger partial charge on any atom is 0.333 e. The molecular formula is C31H32N10O4S2. The number of rotatable bonds is 9. The lowest BCUT2D eigenvalue weighted by Crippen LogP contribution is -2.30. The minimum atomic E-state index is -0.355. The third-order valence-electron chi connectivity index (χ3n) is 5.89. The second-order valence-electron chi connectivity index (χ2n) is 8.99. The Hall–Kier alpha value is -5.81. The van der Waals surface area contributed by atoms with Gasteiger partial charge in [-0.3, -0.25) is 15.2 Å². The lowest BCUT2D eigenvalue weighted by atomic mass is 10.1. The number of imidazole rings is 1. The molecule has 0 saturated carbocycles. The summed E-state index contributed by atoms with van der Waals surface area (Å²) in [4.78, 5) is 34.7. The summed E-state index contributed by atoms with van der Waals surface area (Å²) in [5.74, 6) is 1.73. The number of nitrogens with two attached hydrogens (primary N) is 1. The molecule has 5 rings (SSSR count). The minimum Gasteiger partial charge on any atom is -0.496 e. The maximum atomic E-state index is 11.7. The number of hydrogen-bond acceptors (Lipinski definition) is 12. The number of aromatic nitrogens is 4. The highest BCUT2D eigenvalue weighted by Crippen LogP contribution is 2.18. The fourth-order valence-corrected chi connectivity index (χ4v) is 4.98. The van der Waals surface area contributed by atoms with Gasteiger partial charge in [0.25, 0.3) is 0 Å². The SMILES string of the molecule is COc1ccccc1CCN.COc1ccccc1CCNC(=O)Nc1nc(C#N)cs1.N#Cc1csc(NC(=O)n2ccnc2)n1. The zero-order chi connectivity index (χ0) is 33.9. The molecule has 14 nitrogen and oxygen atoms in total. The van der Waals surface area contributed by atoms with Crippen molar-refractivity contribution >= 4 is 45.0 Å². The van der Waals surface area contributed by atoms with Gasteiger partial charge >= 0.3 is 12.1 Å². The van der Waals surface area contributed by atoms with E-state index in [1.54, 1.807) is 25.0 Å². The molecule has 0 aliphatic heterocycles. The molecule has 5 aromatic rings. The van der Waals surface area contributed by atoms with E-state index in [0.717, 1.165) is 23.5 Å². The van der Waals surface area contributed by atoms with Crippen LogP contribution in [0.15, 0.2) is 78.0 Å². The zero-order valence-electron chi connectivity index (χ0n) is 25.5. The Labute approximate surface area is 279 Å². The number of carbonyl (C=O) groups excluding carboxylic acids is 2. The number of ether oxygens (including phenoxy) is 2. The van der Waals surface area contributed by atoms with Gasteiger partial charge in [-0.15, -0.1) is 22.7 Å². The molecular weight excluding hydrogens is 641 g/mol. The Bertz CT molecular complexity index is 1790. The van der Waals surface area contributed by atoms with Crippen molar-refractivity contribution in [3.63, 3.8) is 0 Å². The number of thiazole rings is 2. The van der Waals surface area contributed by atoms with Crippen LogP contribution in [0, 0.1) is 22.7 Å². The van der Waals surface area contributed by atoms with E-state index in [9.17, 15) is 9.59 Å². The molecule has 0 atom stereocenters. The van der Waals surface area contributed by atoms with Crippen LogP contribution in [0.3, 0.4) is 0 Å². The fraction of sp³-hybridized carbons (Fsp3) is 0.194. The van der Waals surface area contributed by atoms with Crippen LogP contribution in [0.5, 0.6) is 11.5 Å². The van der Waals surface area contributed by atoms with Gasteiger partial charge in [0, 0.05) is 29.7 Å². The number of benzene rings is 2. The topological polar surface area (TPSA) is 206 Å². The van der Waals surface area contributed by atoms with E-state index in [4.69, 9.17) is 25.7 Å².